The van der Waals surface area contributed by atoms with Gasteiger partial charge in [0.25, 0.3) is 5.69 Å². The van der Waals surface area contributed by atoms with E-state index in [1.807, 2.05) is 6.92 Å². The Morgan fingerprint density at radius 2 is 2.26 bits per heavy atom. The van der Waals surface area contributed by atoms with Crippen LogP contribution in [0.1, 0.15) is 30.1 Å². The van der Waals surface area contributed by atoms with Crippen LogP contribution in [0.25, 0.3) is 0 Å². The zero-order chi connectivity index (χ0) is 14.3. The van der Waals surface area contributed by atoms with Crippen molar-refractivity contribution in [2.45, 2.75) is 25.8 Å². The summed E-state index contributed by atoms with van der Waals surface area (Å²) in [4.78, 5) is 21.2. The summed E-state index contributed by atoms with van der Waals surface area (Å²) < 4.78 is 5.09. The van der Waals surface area contributed by atoms with Crippen LogP contribution >= 0.6 is 0 Å². The lowest BCUT2D eigenvalue weighted by Gasteiger charge is -2.18. The predicted molar refractivity (Wildman–Crippen MR) is 72.7 cm³/mol. The van der Waals surface area contributed by atoms with Crippen molar-refractivity contribution in [2.24, 2.45) is 0 Å². The maximum absolute atomic E-state index is 11.0. The molecule has 0 spiro atoms. The maximum atomic E-state index is 11.0. The monoisotopic (exact) mass is 266 g/mol. The Labute approximate surface area is 111 Å². The molecule has 6 nitrogen and oxygen atoms in total. The molecule has 0 aliphatic heterocycles. The molecule has 0 aromatic heterocycles. The Balaban J connectivity index is 2.97. The molecule has 1 N–H and O–H groups in total. The molecule has 1 aromatic carbocycles. The van der Waals surface area contributed by atoms with Crippen molar-refractivity contribution in [3.63, 3.8) is 0 Å². The van der Waals surface area contributed by atoms with E-state index in [9.17, 15) is 14.9 Å². The van der Waals surface area contributed by atoms with Crippen LogP contribution in [-0.2, 0) is 4.74 Å². The highest BCUT2D eigenvalue weighted by atomic mass is 16.6. The summed E-state index contributed by atoms with van der Waals surface area (Å²) in [7, 11) is 1.59. The molecule has 6 heteroatoms. The third-order valence-corrected chi connectivity index (χ3v) is 2.72. The number of methoxy groups -OCH3 is 1. The molecule has 0 bridgehead atoms. The van der Waals surface area contributed by atoms with Gasteiger partial charge in [-0.3, -0.25) is 14.9 Å². The smallest absolute Gasteiger partial charge is 0.293 e. The first kappa shape index (κ1) is 15.1. The number of hydrogen-bond donors (Lipinski definition) is 1. The predicted octanol–water partition coefficient (Wildman–Crippen LogP) is 2.63. The van der Waals surface area contributed by atoms with E-state index < -0.39 is 4.92 Å². The molecule has 0 aliphatic carbocycles. The summed E-state index contributed by atoms with van der Waals surface area (Å²) in [5.74, 6) is 0. The molecule has 0 fully saturated rings. The number of carbonyl (C=O) groups is 1. The third kappa shape index (κ3) is 4.33. The van der Waals surface area contributed by atoms with Gasteiger partial charge in [0.15, 0.2) is 0 Å². The average molecular weight is 266 g/mol. The fraction of sp³-hybridized carbons (Fsp3) is 0.462. The van der Waals surface area contributed by atoms with E-state index in [1.54, 1.807) is 19.2 Å². The van der Waals surface area contributed by atoms with Gasteiger partial charge >= 0.3 is 0 Å². The number of rotatable bonds is 8. The van der Waals surface area contributed by atoms with Gasteiger partial charge in [-0.1, -0.05) is 13.3 Å². The number of aldehydes is 1. The Morgan fingerprint density at radius 1 is 1.53 bits per heavy atom. The quantitative estimate of drug-likeness (QED) is 0.444. The van der Waals surface area contributed by atoms with Crippen molar-refractivity contribution >= 4 is 17.7 Å². The fourth-order valence-corrected chi connectivity index (χ4v) is 1.86. The highest BCUT2D eigenvalue weighted by Gasteiger charge is 2.17. The van der Waals surface area contributed by atoms with Gasteiger partial charge < -0.3 is 10.1 Å². The van der Waals surface area contributed by atoms with Crippen LogP contribution in [0.5, 0.6) is 0 Å². The van der Waals surface area contributed by atoms with Crippen LogP contribution in [0.4, 0.5) is 11.4 Å². The molecule has 0 heterocycles. The number of hydrogen-bond acceptors (Lipinski definition) is 5. The Kier molecular flexibility index (Phi) is 5.95. The van der Waals surface area contributed by atoms with Gasteiger partial charge in [0.1, 0.15) is 12.0 Å². The average Bonchev–Trinajstić information content (AvgIpc) is 2.39. The first-order valence-corrected chi connectivity index (χ1v) is 6.11. The SMILES string of the molecule is CCCC(COC)Nc1ccc(C=O)cc1[N+](=O)[O-]. The minimum atomic E-state index is -0.495. The van der Waals surface area contributed by atoms with Crippen LogP contribution in [0.15, 0.2) is 18.2 Å². The van der Waals surface area contributed by atoms with Crippen LogP contribution in [-0.4, -0.2) is 31.0 Å². The highest BCUT2D eigenvalue weighted by molar-refractivity contribution is 5.79. The van der Waals surface area contributed by atoms with Crippen molar-refractivity contribution in [3.05, 3.63) is 33.9 Å². The molecule has 0 saturated carbocycles. The van der Waals surface area contributed by atoms with Gasteiger partial charge in [-0.25, -0.2) is 0 Å². The summed E-state index contributed by atoms with van der Waals surface area (Å²) >= 11 is 0. The second-order valence-electron chi connectivity index (χ2n) is 4.24. The molecule has 1 atom stereocenters. The van der Waals surface area contributed by atoms with Gasteiger partial charge in [-0.15, -0.1) is 0 Å². The summed E-state index contributed by atoms with van der Waals surface area (Å²) in [5, 5.41) is 14.1. The molecule has 104 valence electrons. The van der Waals surface area contributed by atoms with E-state index in [-0.39, 0.29) is 17.3 Å². The molecular weight excluding hydrogens is 248 g/mol. The van der Waals surface area contributed by atoms with Crippen LogP contribution in [0, 0.1) is 10.1 Å². The highest BCUT2D eigenvalue weighted by Crippen LogP contribution is 2.26. The molecule has 19 heavy (non-hydrogen) atoms. The molecule has 0 amide bonds. The molecule has 1 rings (SSSR count). The molecule has 0 radical (unpaired) electrons. The van der Waals surface area contributed by atoms with E-state index in [2.05, 4.69) is 5.32 Å². The third-order valence-electron chi connectivity index (χ3n) is 2.72. The summed E-state index contributed by atoms with van der Waals surface area (Å²) in [6, 6.07) is 4.39. The first-order valence-electron chi connectivity index (χ1n) is 6.11. The first-order chi connectivity index (χ1) is 9.12. The number of anilines is 1. The zero-order valence-electron chi connectivity index (χ0n) is 11.1. The summed E-state index contributed by atoms with van der Waals surface area (Å²) in [5.41, 5.74) is 0.601. The van der Waals surface area contributed by atoms with E-state index in [1.165, 1.54) is 6.07 Å². The largest absolute Gasteiger partial charge is 0.383 e. The lowest BCUT2D eigenvalue weighted by Crippen LogP contribution is -2.25. The Morgan fingerprint density at radius 3 is 2.79 bits per heavy atom. The van der Waals surface area contributed by atoms with E-state index in [0.29, 0.717) is 18.6 Å². The topological polar surface area (TPSA) is 81.5 Å². The van der Waals surface area contributed by atoms with Gasteiger partial charge in [-0.2, -0.15) is 0 Å². The molecule has 1 unspecified atom stereocenters. The number of ether oxygens (including phenoxy) is 1. The standard InChI is InChI=1S/C13H18N2O4/c1-3-4-11(9-19-2)14-12-6-5-10(8-16)7-13(12)15(17)18/h5-8,11,14H,3-4,9H2,1-2H3. The molecule has 1 aromatic rings. The normalized spacial score (nSPS) is 11.9. The van der Waals surface area contributed by atoms with Crippen molar-refractivity contribution in [1.82, 2.24) is 0 Å². The second kappa shape index (κ2) is 7.48. The van der Waals surface area contributed by atoms with Gasteiger partial charge in [0.05, 0.1) is 11.5 Å². The number of nitro groups is 1. The van der Waals surface area contributed by atoms with Crippen molar-refractivity contribution in [2.75, 3.05) is 19.0 Å². The zero-order valence-corrected chi connectivity index (χ0v) is 11.1. The lowest BCUT2D eigenvalue weighted by molar-refractivity contribution is -0.384. The number of benzene rings is 1. The summed E-state index contributed by atoms with van der Waals surface area (Å²) in [6.07, 6.45) is 2.39. The number of nitro benzene ring substituents is 1. The maximum Gasteiger partial charge on any atom is 0.293 e. The van der Waals surface area contributed by atoms with Crippen LogP contribution in [0.2, 0.25) is 0 Å². The molecular formula is C13H18N2O4. The van der Waals surface area contributed by atoms with Gasteiger partial charge in [-0.05, 0) is 18.6 Å². The number of carbonyl (C=O) groups excluding carboxylic acids is 1. The van der Waals surface area contributed by atoms with Crippen molar-refractivity contribution in [1.29, 1.82) is 0 Å². The number of nitrogens with zero attached hydrogens (tertiary/aromatic N) is 1. The lowest BCUT2D eigenvalue weighted by atomic mass is 10.1. The summed E-state index contributed by atoms with van der Waals surface area (Å²) in [6.45, 7) is 2.51. The Hall–Kier alpha value is -1.95. The van der Waals surface area contributed by atoms with E-state index >= 15 is 0 Å². The van der Waals surface area contributed by atoms with E-state index in [0.717, 1.165) is 12.8 Å². The minimum Gasteiger partial charge on any atom is -0.383 e. The van der Waals surface area contributed by atoms with Crippen molar-refractivity contribution < 1.29 is 14.5 Å². The van der Waals surface area contributed by atoms with Crippen LogP contribution < -0.4 is 5.32 Å². The van der Waals surface area contributed by atoms with Gasteiger partial charge in [0.2, 0.25) is 0 Å². The minimum absolute atomic E-state index is 0.00998. The van der Waals surface area contributed by atoms with Crippen molar-refractivity contribution in [3.8, 4) is 0 Å². The molecule has 0 saturated heterocycles. The number of nitrogens with one attached hydrogen (secondary N) is 1. The van der Waals surface area contributed by atoms with Gasteiger partial charge in [0, 0.05) is 24.8 Å². The van der Waals surface area contributed by atoms with Crippen LogP contribution in [0.3, 0.4) is 0 Å². The second-order valence-corrected chi connectivity index (χ2v) is 4.24. The van der Waals surface area contributed by atoms with E-state index in [4.69, 9.17) is 4.74 Å². The fourth-order valence-electron chi connectivity index (χ4n) is 1.86. The molecule has 0 aliphatic rings. The Bertz CT molecular complexity index is 442.